The molecule has 5 nitrogen and oxygen atoms in total. The number of para-hydroxylation sites is 3. The molecule has 0 atom stereocenters. The molecular formula is C75H49N5. The highest BCUT2D eigenvalue weighted by Gasteiger charge is 2.18. The number of hydrogen-bond acceptors (Lipinski definition) is 3. The summed E-state index contributed by atoms with van der Waals surface area (Å²) in [5.74, 6) is 1.84. The van der Waals surface area contributed by atoms with Gasteiger partial charge >= 0.3 is 0 Å². The van der Waals surface area contributed by atoms with Gasteiger partial charge in [-0.1, -0.05) is 218 Å². The lowest BCUT2D eigenvalue weighted by Crippen LogP contribution is -2.00. The summed E-state index contributed by atoms with van der Waals surface area (Å²) in [6.07, 6.45) is 0. The Morgan fingerprint density at radius 1 is 0.175 bits per heavy atom. The van der Waals surface area contributed by atoms with Crippen LogP contribution < -0.4 is 0 Å². The van der Waals surface area contributed by atoms with Crippen molar-refractivity contribution in [2.45, 2.75) is 0 Å². The van der Waals surface area contributed by atoms with Gasteiger partial charge < -0.3 is 9.13 Å². The van der Waals surface area contributed by atoms with E-state index in [1.807, 2.05) is 12.1 Å². The van der Waals surface area contributed by atoms with Gasteiger partial charge in [0.05, 0.1) is 22.1 Å². The van der Waals surface area contributed by atoms with Gasteiger partial charge in [-0.05, 0) is 134 Å². The molecule has 0 fully saturated rings. The molecule has 0 radical (unpaired) electrons. The van der Waals surface area contributed by atoms with Crippen molar-refractivity contribution in [3.05, 3.63) is 297 Å². The van der Waals surface area contributed by atoms with E-state index in [4.69, 9.17) is 15.0 Å². The van der Waals surface area contributed by atoms with Crippen LogP contribution in [0.5, 0.6) is 0 Å². The zero-order valence-electron chi connectivity index (χ0n) is 43.5. The number of nitrogens with zero attached hydrogens (tertiary/aromatic N) is 5. The molecule has 0 unspecified atom stereocenters. The number of benzene rings is 12. The van der Waals surface area contributed by atoms with Gasteiger partial charge in [-0.25, -0.2) is 15.0 Å². The van der Waals surface area contributed by atoms with Crippen LogP contribution in [0.2, 0.25) is 0 Å². The summed E-state index contributed by atoms with van der Waals surface area (Å²) in [6.45, 7) is 0. The van der Waals surface area contributed by atoms with Gasteiger partial charge in [0.25, 0.3) is 0 Å². The smallest absolute Gasteiger partial charge is 0.164 e. The Kier molecular flexibility index (Phi) is 11.4. The van der Waals surface area contributed by atoms with Crippen LogP contribution in [0.15, 0.2) is 297 Å². The maximum Gasteiger partial charge on any atom is 0.164 e. The zero-order valence-corrected chi connectivity index (χ0v) is 43.5. The summed E-state index contributed by atoms with van der Waals surface area (Å²) < 4.78 is 4.80. The molecule has 0 spiro atoms. The van der Waals surface area contributed by atoms with E-state index >= 15 is 0 Å². The molecule has 0 aliphatic heterocycles. The van der Waals surface area contributed by atoms with E-state index in [1.54, 1.807) is 0 Å². The van der Waals surface area contributed by atoms with E-state index in [2.05, 4.69) is 294 Å². The van der Waals surface area contributed by atoms with Crippen molar-refractivity contribution < 1.29 is 0 Å². The van der Waals surface area contributed by atoms with E-state index in [-0.39, 0.29) is 0 Å². The van der Waals surface area contributed by atoms with Gasteiger partial charge in [0.15, 0.2) is 17.5 Å². The van der Waals surface area contributed by atoms with E-state index in [0.717, 1.165) is 89.2 Å². The summed E-state index contributed by atoms with van der Waals surface area (Å²) in [6, 6.07) is 106. The Labute approximate surface area is 463 Å². The largest absolute Gasteiger partial charge is 0.309 e. The maximum atomic E-state index is 5.22. The summed E-state index contributed by atoms with van der Waals surface area (Å²) >= 11 is 0. The average Bonchev–Trinajstić information content (AvgIpc) is 4.08. The van der Waals surface area contributed by atoms with Gasteiger partial charge in [-0.3, -0.25) is 0 Å². The molecule has 15 aromatic rings. The van der Waals surface area contributed by atoms with Crippen molar-refractivity contribution in [3.8, 4) is 101 Å². The van der Waals surface area contributed by atoms with Crippen molar-refractivity contribution in [3.63, 3.8) is 0 Å². The van der Waals surface area contributed by atoms with Crippen LogP contribution in [-0.4, -0.2) is 24.1 Å². The summed E-state index contributed by atoms with van der Waals surface area (Å²) in [5.41, 5.74) is 21.0. The second-order valence-electron chi connectivity index (χ2n) is 20.4. The van der Waals surface area contributed by atoms with Gasteiger partial charge in [-0.2, -0.15) is 0 Å². The van der Waals surface area contributed by atoms with Crippen LogP contribution in [0.25, 0.3) is 145 Å². The molecule has 0 aliphatic carbocycles. The normalized spacial score (nSPS) is 11.5. The number of rotatable bonds is 10. The summed E-state index contributed by atoms with van der Waals surface area (Å²) in [7, 11) is 0. The molecule has 0 bridgehead atoms. The van der Waals surface area contributed by atoms with Gasteiger partial charge in [0.1, 0.15) is 0 Å². The molecule has 3 heterocycles. The maximum absolute atomic E-state index is 5.22. The topological polar surface area (TPSA) is 48.5 Å². The predicted molar refractivity (Wildman–Crippen MR) is 332 cm³/mol. The minimum Gasteiger partial charge on any atom is -0.309 e. The first-order valence-electron chi connectivity index (χ1n) is 27.2. The lowest BCUT2D eigenvalue weighted by Gasteiger charge is -2.13. The molecule has 0 amide bonds. The Morgan fingerprint density at radius 3 is 0.863 bits per heavy atom. The standard InChI is InChI=1S/C75H49N5/c1-3-19-50(20-4-1)52-23-14-30-60(44-52)73-76-74(61-31-15-24-53(45-61)51-21-5-2-6-22-51)78-75(77-73)62-32-16-27-56(46-62)54-25-13-26-55(43-54)59-41-42-72-68(49-59)67-37-9-12-40-71(67)80(72)64-34-18-29-58(48-64)57-28-17-33-63(47-57)79-69-38-10-7-35-65(69)66-36-8-11-39-70(66)79/h1-49H. The van der Waals surface area contributed by atoms with Gasteiger partial charge in [0.2, 0.25) is 0 Å². The molecule has 0 saturated carbocycles. The van der Waals surface area contributed by atoms with Crippen LogP contribution in [0.1, 0.15) is 0 Å². The van der Waals surface area contributed by atoms with E-state index < -0.39 is 0 Å². The molecule has 5 heteroatoms. The van der Waals surface area contributed by atoms with Crippen molar-refractivity contribution in [2.24, 2.45) is 0 Å². The monoisotopic (exact) mass is 1020 g/mol. The SMILES string of the molecule is c1ccc(-c2cccc(-c3nc(-c4cccc(-c5ccccc5)c4)nc(-c4cccc(-c5cccc(-c6ccc7c(c6)c6ccccc6n7-c6cccc(-c7cccc(-n8c9ccccc9c9ccccc98)c7)c6)c5)c4)n3)c2)cc1. The minimum absolute atomic E-state index is 0.610. The molecule has 80 heavy (non-hydrogen) atoms. The fourth-order valence-corrected chi connectivity index (χ4v) is 11.7. The van der Waals surface area contributed by atoms with Crippen molar-refractivity contribution >= 4 is 43.6 Å². The molecule has 15 rings (SSSR count). The fourth-order valence-electron chi connectivity index (χ4n) is 11.7. The van der Waals surface area contributed by atoms with Crippen LogP contribution in [0.4, 0.5) is 0 Å². The lowest BCUT2D eigenvalue weighted by molar-refractivity contribution is 1.07. The van der Waals surface area contributed by atoms with Crippen LogP contribution in [0, 0.1) is 0 Å². The molecule has 374 valence electrons. The lowest BCUT2D eigenvalue weighted by atomic mass is 9.97. The van der Waals surface area contributed by atoms with Crippen LogP contribution in [0.3, 0.4) is 0 Å². The quantitative estimate of drug-likeness (QED) is 0.137. The Morgan fingerprint density at radius 2 is 0.450 bits per heavy atom. The highest BCUT2D eigenvalue weighted by atomic mass is 15.0. The van der Waals surface area contributed by atoms with E-state index in [9.17, 15) is 0 Å². The summed E-state index contributed by atoms with van der Waals surface area (Å²) in [4.78, 5) is 15.6. The number of hydrogen-bond donors (Lipinski definition) is 0. The molecular weight excluding hydrogens is 971 g/mol. The molecule has 0 saturated heterocycles. The van der Waals surface area contributed by atoms with Crippen LogP contribution >= 0.6 is 0 Å². The summed E-state index contributed by atoms with van der Waals surface area (Å²) in [5, 5.41) is 4.93. The molecule has 3 aromatic heterocycles. The molecule has 12 aromatic carbocycles. The first-order valence-corrected chi connectivity index (χ1v) is 27.2. The molecule has 0 N–H and O–H groups in total. The highest BCUT2D eigenvalue weighted by molar-refractivity contribution is 6.11. The third-order valence-corrected chi connectivity index (χ3v) is 15.5. The third-order valence-electron chi connectivity index (χ3n) is 15.5. The van der Waals surface area contributed by atoms with Crippen molar-refractivity contribution in [1.29, 1.82) is 0 Å². The highest BCUT2D eigenvalue weighted by Crippen LogP contribution is 2.39. The Bertz CT molecular complexity index is 4680. The number of aromatic nitrogens is 5. The minimum atomic E-state index is 0.610. The third kappa shape index (κ3) is 8.42. The van der Waals surface area contributed by atoms with Gasteiger partial charge in [-0.15, -0.1) is 0 Å². The predicted octanol–water partition coefficient (Wildman–Crippen LogP) is 19.4. The van der Waals surface area contributed by atoms with E-state index in [0.29, 0.717) is 17.5 Å². The van der Waals surface area contributed by atoms with Gasteiger partial charge in [0, 0.05) is 49.6 Å². The zero-order chi connectivity index (χ0) is 52.9. The van der Waals surface area contributed by atoms with Crippen molar-refractivity contribution in [1.82, 2.24) is 24.1 Å². The van der Waals surface area contributed by atoms with E-state index in [1.165, 1.54) is 38.1 Å². The second-order valence-corrected chi connectivity index (χ2v) is 20.4. The Balaban J connectivity index is 0.779. The first kappa shape index (κ1) is 46.5. The van der Waals surface area contributed by atoms with Crippen LogP contribution in [-0.2, 0) is 0 Å². The van der Waals surface area contributed by atoms with Crippen molar-refractivity contribution in [2.75, 3.05) is 0 Å². The Hall–Kier alpha value is -10.8. The molecule has 0 aliphatic rings. The second kappa shape index (κ2) is 19.7. The average molecular weight is 1020 g/mol. The number of fused-ring (bicyclic) bond motifs is 6. The fraction of sp³-hybridized carbons (Fsp3) is 0. The first-order chi connectivity index (χ1) is 39.6.